The van der Waals surface area contributed by atoms with Crippen LogP contribution in [0, 0.1) is 0 Å². The molecule has 0 amide bonds. The molecule has 0 unspecified atom stereocenters. The lowest BCUT2D eigenvalue weighted by Crippen LogP contribution is -2.21. The molecular formula is C13H20N4O. The van der Waals surface area contributed by atoms with E-state index in [4.69, 9.17) is 4.74 Å². The van der Waals surface area contributed by atoms with Gasteiger partial charge >= 0.3 is 0 Å². The average Bonchev–Trinajstić information content (AvgIpc) is 2.88. The number of nitrogens with zero attached hydrogens (tertiary/aromatic N) is 3. The predicted octanol–water partition coefficient (Wildman–Crippen LogP) is 0.762. The molecule has 0 aromatic carbocycles. The minimum atomic E-state index is 0.671. The van der Waals surface area contributed by atoms with Crippen molar-refractivity contribution in [2.75, 3.05) is 40.3 Å². The molecule has 1 N–H and O–H groups in total. The van der Waals surface area contributed by atoms with Gasteiger partial charge in [-0.1, -0.05) is 0 Å². The summed E-state index contributed by atoms with van der Waals surface area (Å²) < 4.78 is 5.74. The minimum Gasteiger partial charge on any atom is -0.477 e. The van der Waals surface area contributed by atoms with E-state index in [1.165, 1.54) is 0 Å². The third-order valence-corrected chi connectivity index (χ3v) is 2.69. The third kappa shape index (κ3) is 3.43. The Morgan fingerprint density at radius 3 is 3.06 bits per heavy atom. The van der Waals surface area contributed by atoms with Gasteiger partial charge in [-0.05, 0) is 32.6 Å². The van der Waals surface area contributed by atoms with Gasteiger partial charge in [0.25, 0.3) is 0 Å². The molecule has 18 heavy (non-hydrogen) atoms. The molecule has 2 rings (SSSR count). The van der Waals surface area contributed by atoms with Crippen molar-refractivity contribution in [2.24, 2.45) is 4.99 Å². The lowest BCUT2D eigenvalue weighted by atomic mass is 10.2. The smallest absolute Gasteiger partial charge is 0.224 e. The van der Waals surface area contributed by atoms with Crippen LogP contribution in [0.5, 0.6) is 5.88 Å². The van der Waals surface area contributed by atoms with Gasteiger partial charge in [0, 0.05) is 19.3 Å². The van der Waals surface area contributed by atoms with E-state index in [1.54, 1.807) is 6.20 Å². The summed E-state index contributed by atoms with van der Waals surface area (Å²) in [6, 6.07) is 3.90. The average molecular weight is 248 g/mol. The van der Waals surface area contributed by atoms with Crippen LogP contribution in [-0.4, -0.2) is 56.1 Å². The lowest BCUT2D eigenvalue weighted by molar-refractivity contribution is 0.272. The molecule has 1 aromatic rings. The van der Waals surface area contributed by atoms with Crippen LogP contribution >= 0.6 is 0 Å². The Kier molecular flexibility index (Phi) is 4.52. The number of hydrogen-bond acceptors (Lipinski definition) is 5. The third-order valence-electron chi connectivity index (χ3n) is 2.69. The molecule has 0 atom stereocenters. The first kappa shape index (κ1) is 12.8. The number of nitrogens with one attached hydrogen (secondary N) is 1. The van der Waals surface area contributed by atoms with Crippen molar-refractivity contribution in [3.63, 3.8) is 0 Å². The van der Waals surface area contributed by atoms with Crippen LogP contribution in [0.15, 0.2) is 23.3 Å². The maximum Gasteiger partial charge on any atom is 0.224 e. The van der Waals surface area contributed by atoms with Crippen molar-refractivity contribution in [2.45, 2.75) is 6.42 Å². The van der Waals surface area contributed by atoms with Gasteiger partial charge in [0.2, 0.25) is 5.88 Å². The normalized spacial score (nSPS) is 14.5. The number of ether oxygens (including phenoxy) is 1. The molecule has 2 heterocycles. The van der Waals surface area contributed by atoms with Gasteiger partial charge in [-0.15, -0.1) is 0 Å². The molecule has 5 nitrogen and oxygen atoms in total. The van der Waals surface area contributed by atoms with Crippen LogP contribution in [0.25, 0.3) is 0 Å². The maximum atomic E-state index is 5.74. The Balaban J connectivity index is 1.95. The molecule has 1 aromatic heterocycles. The summed E-state index contributed by atoms with van der Waals surface area (Å²) in [6.07, 6.45) is 2.74. The van der Waals surface area contributed by atoms with Gasteiger partial charge < -0.3 is 15.0 Å². The SMILES string of the molecule is CN(C)CCCOc1ncccc1C1=NCCN1. The highest BCUT2D eigenvalue weighted by atomic mass is 16.5. The molecule has 0 radical (unpaired) electrons. The van der Waals surface area contributed by atoms with Gasteiger partial charge in [-0.3, -0.25) is 4.99 Å². The fourth-order valence-corrected chi connectivity index (χ4v) is 1.81. The summed E-state index contributed by atoms with van der Waals surface area (Å²) in [5, 5.41) is 3.24. The van der Waals surface area contributed by atoms with E-state index in [2.05, 4.69) is 34.3 Å². The maximum absolute atomic E-state index is 5.74. The van der Waals surface area contributed by atoms with Crippen LogP contribution in [-0.2, 0) is 0 Å². The summed E-state index contributed by atoms with van der Waals surface area (Å²) in [7, 11) is 4.12. The Labute approximate surface area is 108 Å². The number of amidine groups is 1. The monoisotopic (exact) mass is 248 g/mol. The first-order valence-electron chi connectivity index (χ1n) is 6.28. The zero-order chi connectivity index (χ0) is 12.8. The van der Waals surface area contributed by atoms with E-state index in [-0.39, 0.29) is 0 Å². The number of aliphatic imine (C=N–C) groups is 1. The molecule has 98 valence electrons. The molecular weight excluding hydrogens is 228 g/mol. The van der Waals surface area contributed by atoms with Crippen LogP contribution in [0.2, 0.25) is 0 Å². The summed E-state index contributed by atoms with van der Waals surface area (Å²) in [5.41, 5.74) is 0.958. The number of rotatable bonds is 6. The first-order chi connectivity index (χ1) is 8.77. The van der Waals surface area contributed by atoms with Gasteiger partial charge in [0.05, 0.1) is 18.7 Å². The highest BCUT2D eigenvalue weighted by Crippen LogP contribution is 2.16. The molecule has 0 bridgehead atoms. The summed E-state index contributed by atoms with van der Waals surface area (Å²) in [4.78, 5) is 10.8. The summed E-state index contributed by atoms with van der Waals surface area (Å²) in [6.45, 7) is 3.41. The number of hydrogen-bond donors (Lipinski definition) is 1. The second kappa shape index (κ2) is 6.35. The highest BCUT2D eigenvalue weighted by Gasteiger charge is 2.13. The van der Waals surface area contributed by atoms with Gasteiger partial charge in [-0.25, -0.2) is 4.98 Å². The zero-order valence-corrected chi connectivity index (χ0v) is 11.0. The molecule has 0 fully saturated rings. The molecule has 5 heteroatoms. The fourth-order valence-electron chi connectivity index (χ4n) is 1.81. The largest absolute Gasteiger partial charge is 0.477 e. The van der Waals surface area contributed by atoms with E-state index in [0.29, 0.717) is 12.5 Å². The van der Waals surface area contributed by atoms with Crippen LogP contribution in [0.1, 0.15) is 12.0 Å². The topological polar surface area (TPSA) is 49.8 Å². The van der Waals surface area contributed by atoms with E-state index in [9.17, 15) is 0 Å². The minimum absolute atomic E-state index is 0.671. The number of aromatic nitrogens is 1. The quantitative estimate of drug-likeness (QED) is 0.755. The molecule has 0 saturated carbocycles. The molecule has 0 spiro atoms. The van der Waals surface area contributed by atoms with E-state index in [0.717, 1.165) is 37.5 Å². The van der Waals surface area contributed by atoms with Crippen molar-refractivity contribution in [3.8, 4) is 5.88 Å². The second-order valence-corrected chi connectivity index (χ2v) is 4.52. The summed E-state index contributed by atoms with van der Waals surface area (Å²) in [5.74, 6) is 1.56. The van der Waals surface area contributed by atoms with Crippen LogP contribution in [0.3, 0.4) is 0 Å². The molecule has 0 aliphatic carbocycles. The fraction of sp³-hybridized carbons (Fsp3) is 0.538. The zero-order valence-electron chi connectivity index (χ0n) is 11.0. The lowest BCUT2D eigenvalue weighted by Gasteiger charge is -2.12. The van der Waals surface area contributed by atoms with Crippen molar-refractivity contribution in [3.05, 3.63) is 23.9 Å². The van der Waals surface area contributed by atoms with Crippen molar-refractivity contribution in [1.29, 1.82) is 0 Å². The number of pyridine rings is 1. The Hall–Kier alpha value is -1.62. The Morgan fingerprint density at radius 1 is 1.44 bits per heavy atom. The van der Waals surface area contributed by atoms with Crippen molar-refractivity contribution < 1.29 is 4.74 Å². The second-order valence-electron chi connectivity index (χ2n) is 4.52. The molecule has 1 aliphatic heterocycles. The molecule has 1 aliphatic rings. The van der Waals surface area contributed by atoms with Crippen molar-refractivity contribution in [1.82, 2.24) is 15.2 Å². The summed E-state index contributed by atoms with van der Waals surface area (Å²) >= 11 is 0. The predicted molar refractivity (Wildman–Crippen MR) is 72.3 cm³/mol. The van der Waals surface area contributed by atoms with Crippen LogP contribution in [0.4, 0.5) is 0 Å². The van der Waals surface area contributed by atoms with Gasteiger partial charge in [0.1, 0.15) is 5.84 Å². The van der Waals surface area contributed by atoms with E-state index < -0.39 is 0 Å². The Morgan fingerprint density at radius 2 is 2.33 bits per heavy atom. The standard InChI is InChI=1S/C13H20N4O/c1-17(2)9-4-10-18-13-11(5-3-6-16-13)12-14-7-8-15-12/h3,5-6H,4,7-10H2,1-2H3,(H,14,15). The molecule has 0 saturated heterocycles. The highest BCUT2D eigenvalue weighted by molar-refractivity contribution is 6.01. The van der Waals surface area contributed by atoms with Crippen LogP contribution < -0.4 is 10.1 Å². The van der Waals surface area contributed by atoms with Crippen molar-refractivity contribution >= 4 is 5.84 Å². The van der Waals surface area contributed by atoms with Gasteiger partial charge in [0.15, 0.2) is 0 Å². The van der Waals surface area contributed by atoms with E-state index >= 15 is 0 Å². The van der Waals surface area contributed by atoms with Gasteiger partial charge in [-0.2, -0.15) is 0 Å². The first-order valence-corrected chi connectivity index (χ1v) is 6.28. The Bertz CT molecular complexity index is 417. The van der Waals surface area contributed by atoms with E-state index in [1.807, 2.05) is 12.1 Å².